The molecule has 0 bridgehead atoms. The highest BCUT2D eigenvalue weighted by atomic mass is 16.5. The van der Waals surface area contributed by atoms with E-state index < -0.39 is 0 Å². The molecule has 2 aromatic carbocycles. The van der Waals surface area contributed by atoms with E-state index in [4.69, 9.17) is 4.74 Å². The van der Waals surface area contributed by atoms with E-state index in [-0.39, 0.29) is 5.78 Å². The summed E-state index contributed by atoms with van der Waals surface area (Å²) in [5.41, 5.74) is 3.70. The van der Waals surface area contributed by atoms with Gasteiger partial charge in [-0.2, -0.15) is 0 Å². The fourth-order valence-electron chi connectivity index (χ4n) is 2.65. The van der Waals surface area contributed by atoms with E-state index in [9.17, 15) is 4.79 Å². The Kier molecular flexibility index (Phi) is 4.02. The summed E-state index contributed by atoms with van der Waals surface area (Å²) in [7, 11) is 0. The first-order chi connectivity index (χ1) is 10.2. The Bertz CT molecular complexity index is 631. The Hall–Kier alpha value is -2.13. The highest BCUT2D eigenvalue weighted by Crippen LogP contribution is 2.22. The van der Waals surface area contributed by atoms with E-state index in [0.29, 0.717) is 0 Å². The SMILES string of the molecule is Cc1cc(C(=O)c2ccccc2)cc(N2CCOCC2)c1. The lowest BCUT2D eigenvalue weighted by Gasteiger charge is -2.29. The number of aryl methyl sites for hydroxylation is 1. The number of anilines is 1. The van der Waals surface area contributed by atoms with Crippen LogP contribution in [0.25, 0.3) is 0 Å². The Morgan fingerprint density at radius 2 is 1.71 bits per heavy atom. The molecule has 3 nitrogen and oxygen atoms in total. The van der Waals surface area contributed by atoms with Crippen molar-refractivity contribution in [1.29, 1.82) is 0 Å². The Balaban J connectivity index is 1.92. The van der Waals surface area contributed by atoms with Crippen molar-refractivity contribution in [2.24, 2.45) is 0 Å². The van der Waals surface area contributed by atoms with Gasteiger partial charge in [0.2, 0.25) is 0 Å². The molecule has 0 aliphatic carbocycles. The van der Waals surface area contributed by atoms with E-state index in [0.717, 1.165) is 48.7 Å². The van der Waals surface area contributed by atoms with Crippen LogP contribution in [0.15, 0.2) is 48.5 Å². The molecule has 0 radical (unpaired) electrons. The van der Waals surface area contributed by atoms with Gasteiger partial charge in [-0.3, -0.25) is 4.79 Å². The van der Waals surface area contributed by atoms with Crippen molar-refractivity contribution in [1.82, 2.24) is 0 Å². The van der Waals surface area contributed by atoms with Crippen LogP contribution < -0.4 is 4.90 Å². The Morgan fingerprint density at radius 3 is 2.43 bits per heavy atom. The molecule has 1 aliphatic heterocycles. The summed E-state index contributed by atoms with van der Waals surface area (Å²) in [6, 6.07) is 15.5. The second-order valence-corrected chi connectivity index (χ2v) is 5.35. The first-order valence-corrected chi connectivity index (χ1v) is 7.28. The van der Waals surface area contributed by atoms with E-state index in [1.807, 2.05) is 49.4 Å². The number of carbonyl (C=O) groups excluding carboxylic acids is 1. The van der Waals surface area contributed by atoms with Crippen LogP contribution in [0.2, 0.25) is 0 Å². The molecule has 2 aromatic rings. The normalized spacial score (nSPS) is 15.0. The Labute approximate surface area is 125 Å². The summed E-state index contributed by atoms with van der Waals surface area (Å²) in [4.78, 5) is 14.9. The summed E-state index contributed by atoms with van der Waals surface area (Å²) >= 11 is 0. The lowest BCUT2D eigenvalue weighted by atomic mass is 10.0. The van der Waals surface area contributed by atoms with Crippen molar-refractivity contribution in [2.45, 2.75) is 6.92 Å². The number of hydrogen-bond acceptors (Lipinski definition) is 3. The first kappa shape index (κ1) is 13.8. The van der Waals surface area contributed by atoms with Crippen LogP contribution in [0.1, 0.15) is 21.5 Å². The molecular formula is C18H19NO2. The van der Waals surface area contributed by atoms with Gasteiger partial charge in [0.1, 0.15) is 0 Å². The van der Waals surface area contributed by atoms with E-state index >= 15 is 0 Å². The number of carbonyl (C=O) groups is 1. The molecule has 0 aromatic heterocycles. The van der Waals surface area contributed by atoms with Crippen molar-refractivity contribution in [2.75, 3.05) is 31.2 Å². The standard InChI is InChI=1S/C18H19NO2/c1-14-11-16(18(20)15-5-3-2-4-6-15)13-17(12-14)19-7-9-21-10-8-19/h2-6,11-13H,7-10H2,1H3. The summed E-state index contributed by atoms with van der Waals surface area (Å²) in [5, 5.41) is 0. The van der Waals surface area contributed by atoms with Gasteiger partial charge in [0.15, 0.2) is 5.78 Å². The van der Waals surface area contributed by atoms with Gasteiger partial charge in [-0.1, -0.05) is 30.3 Å². The molecule has 0 unspecified atom stereocenters. The minimum atomic E-state index is 0.0776. The van der Waals surface area contributed by atoms with Crippen molar-refractivity contribution in [3.63, 3.8) is 0 Å². The minimum absolute atomic E-state index is 0.0776. The molecular weight excluding hydrogens is 262 g/mol. The number of hydrogen-bond donors (Lipinski definition) is 0. The van der Waals surface area contributed by atoms with Crippen LogP contribution in [0, 0.1) is 6.92 Å². The zero-order valence-corrected chi connectivity index (χ0v) is 12.2. The zero-order valence-electron chi connectivity index (χ0n) is 12.2. The van der Waals surface area contributed by atoms with Crippen LogP contribution in [0.4, 0.5) is 5.69 Å². The monoisotopic (exact) mass is 281 g/mol. The van der Waals surface area contributed by atoms with Gasteiger partial charge in [-0.15, -0.1) is 0 Å². The highest BCUT2D eigenvalue weighted by Gasteiger charge is 2.15. The zero-order chi connectivity index (χ0) is 14.7. The van der Waals surface area contributed by atoms with Crippen molar-refractivity contribution in [3.05, 3.63) is 65.2 Å². The summed E-state index contributed by atoms with van der Waals surface area (Å²) in [6.45, 7) is 5.28. The Morgan fingerprint density at radius 1 is 1.00 bits per heavy atom. The van der Waals surface area contributed by atoms with Crippen molar-refractivity contribution in [3.8, 4) is 0 Å². The van der Waals surface area contributed by atoms with Crippen LogP contribution in [-0.4, -0.2) is 32.1 Å². The maximum atomic E-state index is 12.6. The molecule has 0 saturated carbocycles. The number of ketones is 1. The average molecular weight is 281 g/mol. The number of rotatable bonds is 3. The molecule has 0 spiro atoms. The molecule has 21 heavy (non-hydrogen) atoms. The predicted molar refractivity (Wildman–Crippen MR) is 84.1 cm³/mol. The maximum Gasteiger partial charge on any atom is 0.193 e. The summed E-state index contributed by atoms with van der Waals surface area (Å²) < 4.78 is 5.39. The van der Waals surface area contributed by atoms with Gasteiger partial charge in [-0.05, 0) is 30.7 Å². The molecule has 1 aliphatic rings. The second-order valence-electron chi connectivity index (χ2n) is 5.35. The molecule has 3 heteroatoms. The molecule has 0 N–H and O–H groups in total. The van der Waals surface area contributed by atoms with Crippen molar-refractivity contribution < 1.29 is 9.53 Å². The van der Waals surface area contributed by atoms with Gasteiger partial charge in [-0.25, -0.2) is 0 Å². The largest absolute Gasteiger partial charge is 0.378 e. The number of morpholine rings is 1. The van der Waals surface area contributed by atoms with E-state index in [1.54, 1.807) is 0 Å². The molecule has 0 atom stereocenters. The molecule has 1 saturated heterocycles. The van der Waals surface area contributed by atoms with Gasteiger partial charge in [0, 0.05) is 29.9 Å². The second kappa shape index (κ2) is 6.10. The number of ether oxygens (including phenoxy) is 1. The maximum absolute atomic E-state index is 12.6. The van der Waals surface area contributed by atoms with Crippen LogP contribution in [0.3, 0.4) is 0 Å². The minimum Gasteiger partial charge on any atom is -0.378 e. The van der Waals surface area contributed by atoms with Gasteiger partial charge in [0.05, 0.1) is 13.2 Å². The quantitative estimate of drug-likeness (QED) is 0.810. The van der Waals surface area contributed by atoms with Gasteiger partial charge in [0.25, 0.3) is 0 Å². The van der Waals surface area contributed by atoms with Gasteiger partial charge >= 0.3 is 0 Å². The fraction of sp³-hybridized carbons (Fsp3) is 0.278. The molecule has 1 heterocycles. The lowest BCUT2D eigenvalue weighted by Crippen LogP contribution is -2.36. The number of benzene rings is 2. The third kappa shape index (κ3) is 3.14. The van der Waals surface area contributed by atoms with E-state index in [1.165, 1.54) is 0 Å². The smallest absolute Gasteiger partial charge is 0.193 e. The molecule has 0 amide bonds. The summed E-state index contributed by atoms with van der Waals surface area (Å²) in [5.74, 6) is 0.0776. The van der Waals surface area contributed by atoms with E-state index in [2.05, 4.69) is 11.0 Å². The summed E-state index contributed by atoms with van der Waals surface area (Å²) in [6.07, 6.45) is 0. The molecule has 108 valence electrons. The highest BCUT2D eigenvalue weighted by molar-refractivity contribution is 6.09. The first-order valence-electron chi connectivity index (χ1n) is 7.28. The lowest BCUT2D eigenvalue weighted by molar-refractivity contribution is 0.103. The third-order valence-corrected chi connectivity index (χ3v) is 3.74. The third-order valence-electron chi connectivity index (χ3n) is 3.74. The van der Waals surface area contributed by atoms with Gasteiger partial charge < -0.3 is 9.64 Å². The molecule has 3 rings (SSSR count). The van der Waals surface area contributed by atoms with Crippen LogP contribution in [0.5, 0.6) is 0 Å². The fourth-order valence-corrected chi connectivity index (χ4v) is 2.65. The predicted octanol–water partition coefficient (Wildman–Crippen LogP) is 3.06. The number of nitrogens with zero attached hydrogens (tertiary/aromatic N) is 1. The van der Waals surface area contributed by atoms with Crippen molar-refractivity contribution >= 4 is 11.5 Å². The van der Waals surface area contributed by atoms with Crippen LogP contribution >= 0.6 is 0 Å². The molecule has 1 fully saturated rings. The average Bonchev–Trinajstić information content (AvgIpc) is 2.55. The topological polar surface area (TPSA) is 29.5 Å². The van der Waals surface area contributed by atoms with Crippen LogP contribution in [-0.2, 0) is 4.74 Å².